The molecule has 20 heavy (non-hydrogen) atoms. The van der Waals surface area contributed by atoms with Gasteiger partial charge in [0.05, 0.1) is 19.8 Å². The number of hydrogen-bond acceptors (Lipinski definition) is 5. The quantitative estimate of drug-likeness (QED) is 0.857. The SMILES string of the molecule is Nc1ccc(-c2cnc(CN3CCOCC3)nc2)cc1. The Bertz CT molecular complexity index is 547. The summed E-state index contributed by atoms with van der Waals surface area (Å²) in [5, 5.41) is 0. The number of benzene rings is 1. The summed E-state index contributed by atoms with van der Waals surface area (Å²) in [6, 6.07) is 7.74. The lowest BCUT2D eigenvalue weighted by Gasteiger charge is -2.25. The second kappa shape index (κ2) is 5.98. The molecule has 2 N–H and O–H groups in total. The van der Waals surface area contributed by atoms with Crippen molar-refractivity contribution < 1.29 is 4.74 Å². The molecule has 5 heteroatoms. The molecule has 104 valence electrons. The van der Waals surface area contributed by atoms with Crippen LogP contribution in [-0.2, 0) is 11.3 Å². The first-order valence-electron chi connectivity index (χ1n) is 6.78. The molecule has 0 spiro atoms. The van der Waals surface area contributed by atoms with E-state index in [1.54, 1.807) is 0 Å². The fourth-order valence-corrected chi connectivity index (χ4v) is 2.22. The lowest BCUT2D eigenvalue weighted by Crippen LogP contribution is -2.36. The highest BCUT2D eigenvalue weighted by Crippen LogP contribution is 2.18. The number of morpholine rings is 1. The molecule has 1 aromatic heterocycles. The van der Waals surface area contributed by atoms with Gasteiger partial charge >= 0.3 is 0 Å². The van der Waals surface area contributed by atoms with Crippen LogP contribution >= 0.6 is 0 Å². The summed E-state index contributed by atoms with van der Waals surface area (Å²) in [5.74, 6) is 0.853. The molecule has 0 aliphatic carbocycles. The van der Waals surface area contributed by atoms with E-state index in [4.69, 9.17) is 10.5 Å². The Labute approximate surface area is 118 Å². The number of nitrogen functional groups attached to an aromatic ring is 1. The maximum absolute atomic E-state index is 5.69. The van der Waals surface area contributed by atoms with E-state index in [0.717, 1.165) is 55.5 Å². The van der Waals surface area contributed by atoms with Gasteiger partial charge in [-0.1, -0.05) is 12.1 Å². The normalized spacial score (nSPS) is 16.2. The second-order valence-electron chi connectivity index (χ2n) is 4.90. The van der Waals surface area contributed by atoms with Crippen LogP contribution in [0.3, 0.4) is 0 Å². The number of aromatic nitrogens is 2. The average Bonchev–Trinajstić information content (AvgIpc) is 2.50. The number of rotatable bonds is 3. The van der Waals surface area contributed by atoms with Crippen molar-refractivity contribution in [3.8, 4) is 11.1 Å². The third kappa shape index (κ3) is 3.12. The van der Waals surface area contributed by atoms with Crippen LogP contribution in [0.25, 0.3) is 11.1 Å². The van der Waals surface area contributed by atoms with Crippen molar-refractivity contribution in [3.05, 3.63) is 42.5 Å². The minimum Gasteiger partial charge on any atom is -0.399 e. The topological polar surface area (TPSA) is 64.3 Å². The first-order chi connectivity index (χ1) is 9.81. The Morgan fingerprint density at radius 1 is 1.00 bits per heavy atom. The van der Waals surface area contributed by atoms with Gasteiger partial charge in [0, 0.05) is 36.7 Å². The van der Waals surface area contributed by atoms with Crippen molar-refractivity contribution >= 4 is 5.69 Å². The molecule has 1 aromatic carbocycles. The van der Waals surface area contributed by atoms with E-state index in [0.29, 0.717) is 0 Å². The summed E-state index contributed by atoms with van der Waals surface area (Å²) in [4.78, 5) is 11.2. The zero-order valence-corrected chi connectivity index (χ0v) is 11.3. The molecule has 2 heterocycles. The van der Waals surface area contributed by atoms with Gasteiger partial charge in [-0.25, -0.2) is 9.97 Å². The molecule has 1 aliphatic rings. The predicted molar refractivity (Wildman–Crippen MR) is 78.0 cm³/mol. The highest BCUT2D eigenvalue weighted by atomic mass is 16.5. The number of anilines is 1. The van der Waals surface area contributed by atoms with Crippen LogP contribution in [0.4, 0.5) is 5.69 Å². The van der Waals surface area contributed by atoms with E-state index < -0.39 is 0 Å². The number of ether oxygens (including phenoxy) is 1. The molecular weight excluding hydrogens is 252 g/mol. The van der Waals surface area contributed by atoms with E-state index in [2.05, 4.69) is 14.9 Å². The van der Waals surface area contributed by atoms with Crippen LogP contribution < -0.4 is 5.73 Å². The molecule has 2 aromatic rings. The van der Waals surface area contributed by atoms with Gasteiger partial charge < -0.3 is 10.5 Å². The zero-order valence-electron chi connectivity index (χ0n) is 11.3. The van der Waals surface area contributed by atoms with Crippen LogP contribution in [0.5, 0.6) is 0 Å². The molecular formula is C15H18N4O. The summed E-state index contributed by atoms with van der Waals surface area (Å²) >= 11 is 0. The molecule has 0 radical (unpaired) electrons. The van der Waals surface area contributed by atoms with Gasteiger partial charge in [0.25, 0.3) is 0 Å². The molecule has 0 atom stereocenters. The number of nitrogens with zero attached hydrogens (tertiary/aromatic N) is 3. The van der Waals surface area contributed by atoms with E-state index >= 15 is 0 Å². The molecule has 0 saturated carbocycles. The molecule has 0 unspecified atom stereocenters. The molecule has 3 rings (SSSR count). The minimum absolute atomic E-state index is 0.763. The summed E-state index contributed by atoms with van der Waals surface area (Å²) < 4.78 is 5.33. The summed E-state index contributed by atoms with van der Waals surface area (Å²) in [6.07, 6.45) is 3.74. The van der Waals surface area contributed by atoms with Gasteiger partial charge in [0.1, 0.15) is 5.82 Å². The van der Waals surface area contributed by atoms with Gasteiger partial charge in [0.2, 0.25) is 0 Å². The van der Waals surface area contributed by atoms with Gasteiger partial charge in [-0.15, -0.1) is 0 Å². The molecule has 5 nitrogen and oxygen atoms in total. The first-order valence-corrected chi connectivity index (χ1v) is 6.78. The first kappa shape index (κ1) is 13.0. The Hall–Kier alpha value is -1.98. The van der Waals surface area contributed by atoms with Gasteiger partial charge in [-0.05, 0) is 17.7 Å². The molecule has 0 amide bonds. The van der Waals surface area contributed by atoms with Crippen LogP contribution in [0.2, 0.25) is 0 Å². The van der Waals surface area contributed by atoms with Crippen LogP contribution in [0, 0.1) is 0 Å². The standard InChI is InChI=1S/C15H18N4O/c16-14-3-1-12(2-4-14)13-9-17-15(18-10-13)11-19-5-7-20-8-6-19/h1-4,9-10H,5-8,11,16H2. The van der Waals surface area contributed by atoms with E-state index in [9.17, 15) is 0 Å². The Morgan fingerprint density at radius 3 is 2.30 bits per heavy atom. The molecule has 1 aliphatic heterocycles. The zero-order chi connectivity index (χ0) is 13.8. The van der Waals surface area contributed by atoms with Crippen molar-refractivity contribution in [3.63, 3.8) is 0 Å². The van der Waals surface area contributed by atoms with Crippen molar-refractivity contribution in [2.75, 3.05) is 32.0 Å². The van der Waals surface area contributed by atoms with E-state index in [1.165, 1.54) is 0 Å². The fourth-order valence-electron chi connectivity index (χ4n) is 2.22. The Morgan fingerprint density at radius 2 is 1.65 bits per heavy atom. The third-order valence-corrected chi connectivity index (χ3v) is 3.42. The van der Waals surface area contributed by atoms with Gasteiger partial charge in [-0.3, -0.25) is 4.90 Å². The highest BCUT2D eigenvalue weighted by Gasteiger charge is 2.12. The Balaban J connectivity index is 1.69. The number of nitrogens with two attached hydrogens (primary N) is 1. The van der Waals surface area contributed by atoms with E-state index in [-0.39, 0.29) is 0 Å². The van der Waals surface area contributed by atoms with Crippen molar-refractivity contribution in [2.24, 2.45) is 0 Å². The van der Waals surface area contributed by atoms with Crippen LogP contribution in [0.15, 0.2) is 36.7 Å². The summed E-state index contributed by atoms with van der Waals surface area (Å²) in [7, 11) is 0. The molecule has 1 fully saturated rings. The summed E-state index contributed by atoms with van der Waals surface area (Å²) in [5.41, 5.74) is 8.54. The number of hydrogen-bond donors (Lipinski definition) is 1. The fraction of sp³-hybridized carbons (Fsp3) is 0.333. The summed E-state index contributed by atoms with van der Waals surface area (Å²) in [6.45, 7) is 4.27. The Kier molecular flexibility index (Phi) is 3.90. The predicted octanol–water partition coefficient (Wildman–Crippen LogP) is 1.56. The maximum Gasteiger partial charge on any atom is 0.142 e. The smallest absolute Gasteiger partial charge is 0.142 e. The largest absolute Gasteiger partial charge is 0.399 e. The minimum atomic E-state index is 0.763. The molecule has 0 bridgehead atoms. The highest BCUT2D eigenvalue weighted by molar-refractivity contribution is 5.63. The van der Waals surface area contributed by atoms with Crippen molar-refractivity contribution in [1.29, 1.82) is 0 Å². The molecule has 1 saturated heterocycles. The monoisotopic (exact) mass is 270 g/mol. The van der Waals surface area contributed by atoms with E-state index in [1.807, 2.05) is 36.7 Å². The van der Waals surface area contributed by atoms with Crippen LogP contribution in [0.1, 0.15) is 5.82 Å². The third-order valence-electron chi connectivity index (χ3n) is 3.42. The van der Waals surface area contributed by atoms with Crippen molar-refractivity contribution in [2.45, 2.75) is 6.54 Å². The van der Waals surface area contributed by atoms with Gasteiger partial charge in [-0.2, -0.15) is 0 Å². The lowest BCUT2D eigenvalue weighted by molar-refractivity contribution is 0.0330. The average molecular weight is 270 g/mol. The maximum atomic E-state index is 5.69. The second-order valence-corrected chi connectivity index (χ2v) is 4.90. The van der Waals surface area contributed by atoms with Crippen molar-refractivity contribution in [1.82, 2.24) is 14.9 Å². The van der Waals surface area contributed by atoms with Gasteiger partial charge in [0.15, 0.2) is 0 Å². The lowest BCUT2D eigenvalue weighted by atomic mass is 10.1. The van der Waals surface area contributed by atoms with Crippen LogP contribution in [-0.4, -0.2) is 41.2 Å².